The average molecular weight is 563 g/mol. The summed E-state index contributed by atoms with van der Waals surface area (Å²) in [5.41, 5.74) is 4.42. The minimum Gasteiger partial charge on any atom is -0.454 e. The summed E-state index contributed by atoms with van der Waals surface area (Å²) >= 11 is 1.56. The van der Waals surface area contributed by atoms with Gasteiger partial charge in [0.25, 0.3) is 0 Å². The maximum absolute atomic E-state index is 13.9. The van der Waals surface area contributed by atoms with Gasteiger partial charge in [-0.15, -0.1) is 11.8 Å². The first-order chi connectivity index (χ1) is 19.2. The van der Waals surface area contributed by atoms with Crippen molar-refractivity contribution < 1.29 is 23.8 Å². The number of rotatable bonds is 4. The molecule has 0 N–H and O–H groups in total. The highest BCUT2D eigenvalue weighted by Gasteiger charge is 2.40. The molecule has 2 aromatic carbocycles. The number of thioether (sulfide) groups is 1. The van der Waals surface area contributed by atoms with Gasteiger partial charge in [-0.1, -0.05) is 39.0 Å². The van der Waals surface area contributed by atoms with Crippen LogP contribution < -0.4 is 14.4 Å². The highest BCUT2D eigenvalue weighted by Crippen LogP contribution is 2.50. The van der Waals surface area contributed by atoms with Gasteiger partial charge in [-0.25, -0.2) is 4.68 Å². The first-order valence-corrected chi connectivity index (χ1v) is 14.6. The van der Waals surface area contributed by atoms with Crippen LogP contribution >= 0.6 is 11.8 Å². The van der Waals surface area contributed by atoms with Gasteiger partial charge in [-0.2, -0.15) is 5.10 Å². The van der Waals surface area contributed by atoms with Crippen molar-refractivity contribution in [1.82, 2.24) is 14.7 Å². The number of nitrogens with zero attached hydrogens (tertiary/aromatic N) is 4. The quantitative estimate of drug-likeness (QED) is 0.470. The van der Waals surface area contributed by atoms with Gasteiger partial charge in [0.2, 0.25) is 18.6 Å². The molecule has 2 amide bonds. The van der Waals surface area contributed by atoms with E-state index in [-0.39, 0.29) is 41.6 Å². The van der Waals surface area contributed by atoms with Gasteiger partial charge in [0.05, 0.1) is 35.6 Å². The van der Waals surface area contributed by atoms with Crippen molar-refractivity contribution in [2.45, 2.75) is 38.4 Å². The van der Waals surface area contributed by atoms with Gasteiger partial charge in [0, 0.05) is 24.1 Å². The summed E-state index contributed by atoms with van der Waals surface area (Å²) in [5, 5.41) is 4.97. The lowest BCUT2D eigenvalue weighted by molar-refractivity contribution is -0.134. The van der Waals surface area contributed by atoms with E-state index in [1.807, 2.05) is 48.0 Å². The predicted molar refractivity (Wildman–Crippen MR) is 154 cm³/mol. The molecular weight excluding hydrogens is 528 g/mol. The SMILES string of the molecule is Cc1cccc(-n2nc(C(C)(C)C)c3c2N(CC(=O)N2CCOCC2)C(=O)CS[C@H]3c2ccc3c(c2)OCO3)c1. The molecule has 3 aliphatic rings. The summed E-state index contributed by atoms with van der Waals surface area (Å²) in [5.74, 6) is 2.06. The van der Waals surface area contributed by atoms with Crippen LogP contribution in [0.2, 0.25) is 0 Å². The van der Waals surface area contributed by atoms with Crippen molar-refractivity contribution in [2.75, 3.05) is 50.3 Å². The van der Waals surface area contributed by atoms with Crippen molar-refractivity contribution in [2.24, 2.45) is 0 Å². The molecule has 0 bridgehead atoms. The molecule has 1 atom stereocenters. The molecule has 3 aromatic rings. The molecule has 3 aliphatic heterocycles. The topological polar surface area (TPSA) is 86.1 Å². The molecular formula is C30H34N4O5S. The molecule has 0 aliphatic carbocycles. The molecule has 1 fully saturated rings. The number of morpholine rings is 1. The van der Waals surface area contributed by atoms with E-state index in [9.17, 15) is 9.59 Å². The van der Waals surface area contributed by atoms with Gasteiger partial charge >= 0.3 is 0 Å². The highest BCUT2D eigenvalue weighted by atomic mass is 32.2. The Bertz CT molecular complexity index is 1460. The summed E-state index contributed by atoms with van der Waals surface area (Å²) in [7, 11) is 0. The molecule has 10 heteroatoms. The maximum Gasteiger partial charge on any atom is 0.242 e. The lowest BCUT2D eigenvalue weighted by Crippen LogP contribution is -2.48. The van der Waals surface area contributed by atoms with Crippen molar-refractivity contribution in [1.29, 1.82) is 0 Å². The van der Waals surface area contributed by atoms with E-state index < -0.39 is 0 Å². The molecule has 1 aromatic heterocycles. The van der Waals surface area contributed by atoms with Crippen LogP contribution in [0.1, 0.15) is 48.4 Å². The number of amides is 2. The van der Waals surface area contributed by atoms with E-state index in [0.29, 0.717) is 43.6 Å². The van der Waals surface area contributed by atoms with E-state index in [2.05, 4.69) is 26.8 Å². The Balaban J connectivity index is 1.55. The van der Waals surface area contributed by atoms with Crippen molar-refractivity contribution in [3.8, 4) is 17.2 Å². The predicted octanol–water partition coefficient (Wildman–Crippen LogP) is 4.23. The number of hydrogen-bond donors (Lipinski definition) is 0. The average Bonchev–Trinajstić information content (AvgIpc) is 3.54. The molecule has 0 spiro atoms. The van der Waals surface area contributed by atoms with Crippen LogP contribution in [0.4, 0.5) is 5.82 Å². The zero-order chi connectivity index (χ0) is 28.0. The van der Waals surface area contributed by atoms with Gasteiger partial charge < -0.3 is 19.1 Å². The zero-order valence-electron chi connectivity index (χ0n) is 23.3. The minimum absolute atomic E-state index is 0.0542. The Morgan fingerprint density at radius 3 is 2.60 bits per heavy atom. The molecule has 9 nitrogen and oxygen atoms in total. The van der Waals surface area contributed by atoms with Gasteiger partial charge in [-0.3, -0.25) is 14.5 Å². The van der Waals surface area contributed by atoms with Crippen LogP contribution in [-0.4, -0.2) is 71.9 Å². The maximum atomic E-state index is 13.9. The highest BCUT2D eigenvalue weighted by molar-refractivity contribution is 8.00. The lowest BCUT2D eigenvalue weighted by atomic mass is 9.87. The van der Waals surface area contributed by atoms with Crippen LogP contribution in [0.3, 0.4) is 0 Å². The summed E-state index contributed by atoms with van der Waals surface area (Å²) in [6, 6.07) is 14.0. The van der Waals surface area contributed by atoms with E-state index in [4.69, 9.17) is 19.3 Å². The molecule has 0 radical (unpaired) electrons. The Hall–Kier alpha value is -3.50. The number of carbonyl (C=O) groups is 2. The second-order valence-electron chi connectivity index (χ2n) is 11.4. The van der Waals surface area contributed by atoms with Crippen molar-refractivity contribution >= 4 is 29.4 Å². The third-order valence-corrected chi connectivity index (χ3v) is 8.66. The Morgan fingerprint density at radius 1 is 1.07 bits per heavy atom. The molecule has 0 saturated carbocycles. The van der Waals surface area contributed by atoms with Crippen LogP contribution in [0, 0.1) is 6.92 Å². The smallest absolute Gasteiger partial charge is 0.242 e. The Labute approximate surface area is 238 Å². The second kappa shape index (κ2) is 10.5. The summed E-state index contributed by atoms with van der Waals surface area (Å²) in [6.45, 7) is 10.6. The second-order valence-corrected chi connectivity index (χ2v) is 12.5. The van der Waals surface area contributed by atoms with Crippen LogP contribution in [0.25, 0.3) is 5.69 Å². The molecule has 210 valence electrons. The van der Waals surface area contributed by atoms with E-state index >= 15 is 0 Å². The standard InChI is InChI=1S/C30H34N4O5S/c1-19-6-5-7-21(14-19)34-29-26(28(31-34)30(2,3)4)27(20-8-9-22-23(15-20)39-18-38-22)40-17-25(36)33(29)16-24(35)32-10-12-37-13-11-32/h5-9,14-15,27H,10-13,16-18H2,1-4H3/t27-/m0/s1. The molecule has 6 rings (SSSR count). The Morgan fingerprint density at radius 2 is 1.85 bits per heavy atom. The first kappa shape index (κ1) is 26.7. The zero-order valence-corrected chi connectivity index (χ0v) is 24.1. The molecule has 4 heterocycles. The number of carbonyl (C=O) groups excluding carboxylic acids is 2. The molecule has 0 unspecified atom stereocenters. The number of fused-ring (bicyclic) bond motifs is 2. The third kappa shape index (κ3) is 4.94. The number of aromatic nitrogens is 2. The summed E-state index contributed by atoms with van der Waals surface area (Å²) in [4.78, 5) is 30.9. The van der Waals surface area contributed by atoms with E-state index in [1.165, 1.54) is 0 Å². The molecule has 1 saturated heterocycles. The van der Waals surface area contributed by atoms with Crippen molar-refractivity contribution in [3.63, 3.8) is 0 Å². The van der Waals surface area contributed by atoms with E-state index in [1.54, 1.807) is 21.6 Å². The first-order valence-electron chi connectivity index (χ1n) is 13.6. The van der Waals surface area contributed by atoms with Gasteiger partial charge in [0.1, 0.15) is 12.4 Å². The number of anilines is 1. The Kier molecular flexibility index (Phi) is 7.00. The fraction of sp³-hybridized carbons (Fsp3) is 0.433. The minimum atomic E-state index is -0.332. The van der Waals surface area contributed by atoms with Crippen LogP contribution in [0.15, 0.2) is 42.5 Å². The lowest BCUT2D eigenvalue weighted by Gasteiger charge is -2.30. The van der Waals surface area contributed by atoms with E-state index in [0.717, 1.165) is 28.1 Å². The summed E-state index contributed by atoms with van der Waals surface area (Å²) < 4.78 is 18.6. The number of ether oxygens (including phenoxy) is 3. The molecule has 40 heavy (non-hydrogen) atoms. The van der Waals surface area contributed by atoms with Gasteiger partial charge in [0.15, 0.2) is 11.5 Å². The summed E-state index contributed by atoms with van der Waals surface area (Å²) in [6.07, 6.45) is 0. The normalized spacial score (nSPS) is 19.0. The third-order valence-electron chi connectivity index (χ3n) is 7.40. The number of aryl methyl sites for hydroxylation is 1. The van der Waals surface area contributed by atoms with Gasteiger partial charge in [-0.05, 0) is 42.3 Å². The van der Waals surface area contributed by atoms with Crippen LogP contribution in [-0.2, 0) is 19.7 Å². The van der Waals surface area contributed by atoms with Crippen molar-refractivity contribution in [3.05, 3.63) is 64.8 Å². The fourth-order valence-corrected chi connectivity index (χ4v) is 6.59. The van der Waals surface area contributed by atoms with Crippen LogP contribution in [0.5, 0.6) is 11.5 Å². The fourth-order valence-electron chi connectivity index (χ4n) is 5.40. The monoisotopic (exact) mass is 562 g/mol. The largest absolute Gasteiger partial charge is 0.454 e. The number of hydrogen-bond acceptors (Lipinski definition) is 7. The number of benzene rings is 2.